The number of amides is 4. The molecule has 7 heteroatoms. The largest absolute Gasteiger partial charge is 0.334 e. The van der Waals surface area contributed by atoms with Crippen molar-refractivity contribution in [3.05, 3.63) is 71.8 Å². The third-order valence-corrected chi connectivity index (χ3v) is 4.63. The summed E-state index contributed by atoms with van der Waals surface area (Å²) in [5, 5.41) is 6.08. The number of benzene rings is 2. The lowest BCUT2D eigenvalue weighted by Gasteiger charge is -2.36. The highest BCUT2D eigenvalue weighted by atomic mass is 35.5. The molecule has 0 aliphatic carbocycles. The van der Waals surface area contributed by atoms with Crippen LogP contribution in [0.25, 0.3) is 0 Å². The van der Waals surface area contributed by atoms with Gasteiger partial charge in [0.1, 0.15) is 0 Å². The lowest BCUT2D eigenvalue weighted by molar-refractivity contribution is 0.192. The molecule has 1 fully saturated rings. The van der Waals surface area contributed by atoms with Gasteiger partial charge in [0.2, 0.25) is 0 Å². The molecule has 3 rings (SSSR count). The number of nitrogens with zero attached hydrogens (tertiary/aromatic N) is 2. The summed E-state index contributed by atoms with van der Waals surface area (Å²) in [7, 11) is 0. The van der Waals surface area contributed by atoms with Gasteiger partial charge in [-0.1, -0.05) is 35.9 Å². The number of hydrogen-bond donors (Lipinski definition) is 2. The number of carbonyl (C=O) groups is 2. The van der Waals surface area contributed by atoms with Crippen LogP contribution in [0.3, 0.4) is 0 Å². The first-order valence-corrected chi connectivity index (χ1v) is 9.51. The van der Waals surface area contributed by atoms with Crippen molar-refractivity contribution in [3.63, 3.8) is 0 Å². The molecule has 2 aromatic carbocycles. The molecular weight excluding hydrogens is 376 g/mol. The molecule has 1 aliphatic heterocycles. The zero-order valence-corrected chi connectivity index (χ0v) is 16.3. The van der Waals surface area contributed by atoms with Crippen LogP contribution in [0.15, 0.2) is 61.2 Å². The van der Waals surface area contributed by atoms with Crippen LogP contribution in [-0.2, 0) is 6.54 Å². The summed E-state index contributed by atoms with van der Waals surface area (Å²) < 4.78 is 0. The molecule has 0 radical (unpaired) electrons. The number of nitrogens with one attached hydrogen (secondary N) is 2. The Balaban J connectivity index is 1.70. The zero-order chi connectivity index (χ0) is 19.9. The molecule has 6 nitrogen and oxygen atoms in total. The third kappa shape index (κ3) is 5.04. The number of halogens is 1. The Morgan fingerprint density at radius 2 is 2.00 bits per heavy atom. The molecule has 2 N–H and O–H groups in total. The van der Waals surface area contributed by atoms with Gasteiger partial charge >= 0.3 is 12.1 Å². The highest BCUT2D eigenvalue weighted by molar-refractivity contribution is 6.30. The van der Waals surface area contributed by atoms with Crippen molar-refractivity contribution in [3.8, 4) is 0 Å². The topological polar surface area (TPSA) is 64.7 Å². The Bertz CT molecular complexity index is 871. The van der Waals surface area contributed by atoms with E-state index in [1.54, 1.807) is 23.1 Å². The maximum absolute atomic E-state index is 13.0. The van der Waals surface area contributed by atoms with E-state index < -0.39 is 0 Å². The Kier molecular flexibility index (Phi) is 6.55. The van der Waals surface area contributed by atoms with Gasteiger partial charge in [-0.2, -0.15) is 0 Å². The third-order valence-electron chi connectivity index (χ3n) is 4.40. The predicted octanol–water partition coefficient (Wildman–Crippen LogP) is 4.48. The minimum absolute atomic E-state index is 0.0560. The molecule has 2 aromatic rings. The quantitative estimate of drug-likeness (QED) is 0.704. The molecule has 1 aliphatic rings. The van der Waals surface area contributed by atoms with Crippen LogP contribution in [-0.4, -0.2) is 36.6 Å². The lowest BCUT2D eigenvalue weighted by atomic mass is 10.1. The van der Waals surface area contributed by atoms with Crippen molar-refractivity contribution in [2.75, 3.05) is 29.9 Å². The molecular formula is C21H23ClN4O2. The van der Waals surface area contributed by atoms with Crippen LogP contribution in [0.1, 0.15) is 12.0 Å². The van der Waals surface area contributed by atoms with Crippen molar-refractivity contribution >= 4 is 35.0 Å². The highest BCUT2D eigenvalue weighted by Gasteiger charge is 2.27. The maximum atomic E-state index is 13.0. The molecule has 1 heterocycles. The van der Waals surface area contributed by atoms with Crippen LogP contribution in [0.4, 0.5) is 21.0 Å². The van der Waals surface area contributed by atoms with E-state index in [4.69, 9.17) is 11.6 Å². The van der Waals surface area contributed by atoms with E-state index in [1.807, 2.05) is 41.3 Å². The molecule has 4 amide bonds. The van der Waals surface area contributed by atoms with Gasteiger partial charge in [-0.3, -0.25) is 4.90 Å². The van der Waals surface area contributed by atoms with E-state index in [-0.39, 0.29) is 12.1 Å². The molecule has 0 spiro atoms. The SMILES string of the molecule is C=CCNC(=O)Nc1cccc(N2CCCN(Cc3cccc(Cl)c3)C2=O)c1. The van der Waals surface area contributed by atoms with Crippen LogP contribution < -0.4 is 15.5 Å². The lowest BCUT2D eigenvalue weighted by Crippen LogP contribution is -2.49. The van der Waals surface area contributed by atoms with E-state index in [0.717, 1.165) is 17.7 Å². The second-order valence-corrected chi connectivity index (χ2v) is 6.95. The zero-order valence-electron chi connectivity index (χ0n) is 15.5. The van der Waals surface area contributed by atoms with Gasteiger partial charge in [-0.25, -0.2) is 9.59 Å². The Morgan fingerprint density at radius 1 is 1.18 bits per heavy atom. The Labute approximate surface area is 169 Å². The average molecular weight is 399 g/mol. The summed E-state index contributed by atoms with van der Waals surface area (Å²) in [5.74, 6) is 0. The van der Waals surface area contributed by atoms with Crippen LogP contribution in [0.5, 0.6) is 0 Å². The summed E-state index contributed by atoms with van der Waals surface area (Å²) in [6, 6.07) is 14.4. The van der Waals surface area contributed by atoms with Gasteiger partial charge in [0, 0.05) is 42.6 Å². The molecule has 0 unspecified atom stereocenters. The minimum Gasteiger partial charge on any atom is -0.334 e. The molecule has 146 valence electrons. The molecule has 0 saturated carbocycles. The van der Waals surface area contributed by atoms with Crippen molar-refractivity contribution in [1.29, 1.82) is 0 Å². The summed E-state index contributed by atoms with van der Waals surface area (Å²) in [6.07, 6.45) is 2.47. The first kappa shape index (κ1) is 19.8. The fraction of sp³-hybridized carbons (Fsp3) is 0.238. The summed E-state index contributed by atoms with van der Waals surface area (Å²) in [4.78, 5) is 28.4. The number of urea groups is 2. The summed E-state index contributed by atoms with van der Waals surface area (Å²) in [6.45, 7) is 5.80. The molecule has 28 heavy (non-hydrogen) atoms. The fourth-order valence-corrected chi connectivity index (χ4v) is 3.33. The Hall–Kier alpha value is -2.99. The maximum Gasteiger partial charge on any atom is 0.324 e. The normalized spacial score (nSPS) is 14.0. The van der Waals surface area contributed by atoms with Crippen molar-refractivity contribution in [1.82, 2.24) is 10.2 Å². The van der Waals surface area contributed by atoms with Gasteiger partial charge in [-0.15, -0.1) is 6.58 Å². The van der Waals surface area contributed by atoms with E-state index >= 15 is 0 Å². The van der Waals surface area contributed by atoms with Crippen LogP contribution >= 0.6 is 11.6 Å². The first-order valence-electron chi connectivity index (χ1n) is 9.13. The van der Waals surface area contributed by atoms with Crippen LogP contribution in [0.2, 0.25) is 5.02 Å². The summed E-state index contributed by atoms with van der Waals surface area (Å²) >= 11 is 6.06. The average Bonchev–Trinajstić information content (AvgIpc) is 2.68. The van der Waals surface area contributed by atoms with Crippen LogP contribution in [0, 0.1) is 0 Å². The molecule has 0 atom stereocenters. The van der Waals surface area contributed by atoms with Gasteiger partial charge in [-0.05, 0) is 42.3 Å². The van der Waals surface area contributed by atoms with E-state index in [9.17, 15) is 9.59 Å². The molecule has 0 bridgehead atoms. The number of hydrogen-bond acceptors (Lipinski definition) is 2. The first-order chi connectivity index (χ1) is 13.6. The second kappa shape index (κ2) is 9.28. The van der Waals surface area contributed by atoms with Gasteiger partial charge < -0.3 is 15.5 Å². The predicted molar refractivity (Wildman–Crippen MR) is 113 cm³/mol. The number of rotatable bonds is 6. The highest BCUT2D eigenvalue weighted by Crippen LogP contribution is 2.24. The smallest absolute Gasteiger partial charge is 0.324 e. The van der Waals surface area contributed by atoms with Crippen molar-refractivity contribution < 1.29 is 9.59 Å². The van der Waals surface area contributed by atoms with Crippen molar-refractivity contribution in [2.24, 2.45) is 0 Å². The monoisotopic (exact) mass is 398 g/mol. The fourth-order valence-electron chi connectivity index (χ4n) is 3.12. The molecule has 1 saturated heterocycles. The van der Waals surface area contributed by atoms with Gasteiger partial charge in [0.05, 0.1) is 0 Å². The molecule has 0 aromatic heterocycles. The number of carbonyl (C=O) groups excluding carboxylic acids is 2. The van der Waals surface area contributed by atoms with E-state index in [1.165, 1.54) is 0 Å². The number of anilines is 2. The second-order valence-electron chi connectivity index (χ2n) is 6.51. The van der Waals surface area contributed by atoms with Gasteiger partial charge in [0.15, 0.2) is 0 Å². The van der Waals surface area contributed by atoms with Crippen molar-refractivity contribution in [2.45, 2.75) is 13.0 Å². The summed E-state index contributed by atoms with van der Waals surface area (Å²) in [5.41, 5.74) is 2.37. The van der Waals surface area contributed by atoms with E-state index in [0.29, 0.717) is 36.9 Å². The van der Waals surface area contributed by atoms with Gasteiger partial charge in [0.25, 0.3) is 0 Å². The Morgan fingerprint density at radius 3 is 2.79 bits per heavy atom. The van der Waals surface area contributed by atoms with E-state index in [2.05, 4.69) is 17.2 Å². The minimum atomic E-state index is -0.315. The standard InChI is InChI=1S/C21H23ClN4O2/c1-2-10-23-20(27)24-18-8-4-9-19(14-18)26-12-5-11-25(21(26)28)15-16-6-3-7-17(22)13-16/h2-4,6-9,13-14H,1,5,10-12,15H2,(H2,23,24,27).